The van der Waals surface area contributed by atoms with E-state index >= 15 is 0 Å². The second-order valence-electron chi connectivity index (χ2n) is 10.7. The predicted molar refractivity (Wildman–Crippen MR) is 165 cm³/mol. The van der Waals surface area contributed by atoms with Crippen molar-refractivity contribution in [2.75, 3.05) is 5.32 Å². The first-order valence-corrected chi connectivity index (χ1v) is 13.9. The Labute approximate surface area is 276 Å². The number of nitrogens with zero attached hydrogens (tertiary/aromatic N) is 1. The molecular formula is C33H34F2N2NaO6. The summed E-state index contributed by atoms with van der Waals surface area (Å²) < 4.78 is 29.9. The number of amides is 1. The number of hydrogen-bond acceptors (Lipinski definition) is 5. The Balaban J connectivity index is 0.00000529. The summed E-state index contributed by atoms with van der Waals surface area (Å²) in [4.78, 5) is 25.1. The fraction of sp³-hybridized carbons (Fsp3) is 0.273. The average molecular weight is 616 g/mol. The van der Waals surface area contributed by atoms with E-state index in [0.29, 0.717) is 27.9 Å². The van der Waals surface area contributed by atoms with Crippen LogP contribution in [0.1, 0.15) is 55.3 Å². The molecule has 0 aliphatic heterocycles. The van der Waals surface area contributed by atoms with E-state index in [1.54, 1.807) is 47.0 Å². The number of para-hydroxylation sites is 2. The maximum Gasteiger partial charge on any atom is 0.305 e. The zero-order valence-electron chi connectivity index (χ0n) is 24.8. The largest absolute Gasteiger partial charge is 0.506 e. The Morgan fingerprint density at radius 3 is 1.91 bits per heavy atom. The Morgan fingerprint density at radius 1 is 0.841 bits per heavy atom. The molecule has 11 heteroatoms. The monoisotopic (exact) mass is 615 g/mol. The number of nitrogens with one attached hydrogen (secondary N) is 1. The molecule has 1 amide bonds. The van der Waals surface area contributed by atoms with Crippen LogP contribution in [-0.4, -0.2) is 78.6 Å². The van der Waals surface area contributed by atoms with E-state index in [1.165, 1.54) is 30.3 Å². The topological polar surface area (TPSA) is 132 Å². The summed E-state index contributed by atoms with van der Waals surface area (Å²) in [6.07, 6.45) is -2.65. The van der Waals surface area contributed by atoms with Crippen molar-refractivity contribution >= 4 is 47.1 Å². The number of phenolic OH excluding ortho intramolecular Hbond substituents is 1. The number of aliphatic hydroxyl groups is 2. The molecule has 0 unspecified atom stereocenters. The van der Waals surface area contributed by atoms with Crippen LogP contribution in [0.5, 0.6) is 5.75 Å². The Hall–Kier alpha value is -3.54. The molecule has 44 heavy (non-hydrogen) atoms. The smallest absolute Gasteiger partial charge is 0.305 e. The van der Waals surface area contributed by atoms with Crippen molar-refractivity contribution in [2.24, 2.45) is 0 Å². The van der Waals surface area contributed by atoms with Crippen LogP contribution in [-0.2, 0) is 11.2 Å². The number of halogens is 2. The molecule has 4 rings (SSSR count). The molecule has 2 atom stereocenters. The minimum absolute atomic E-state index is 0. The Kier molecular flexibility index (Phi) is 12.3. The molecule has 0 bridgehead atoms. The van der Waals surface area contributed by atoms with Gasteiger partial charge in [0, 0.05) is 52.4 Å². The molecule has 8 nitrogen and oxygen atoms in total. The predicted octanol–water partition coefficient (Wildman–Crippen LogP) is 5.78. The van der Waals surface area contributed by atoms with Crippen LogP contribution in [0.4, 0.5) is 14.5 Å². The number of carbonyl (C=O) groups is 2. The van der Waals surface area contributed by atoms with Gasteiger partial charge in [0.05, 0.1) is 24.3 Å². The number of carbonyl (C=O) groups excluding carboxylic acids is 1. The average Bonchev–Trinajstić information content (AvgIpc) is 3.29. The standard InChI is InChI=1S/C33H34F2N2O6.Na/c1-19(2)37-27(16-15-24(38)17-25(39)18-29(41)42)30(20-7-11-22(34)12-8-20)31(21-9-13-23(35)14-10-21)32(37)33(43)36-26-5-3-4-6-28(26)40;/h3-14,19,24-25,38-40H,15-18H2,1-2H3,(H,36,43)(H,41,42);/t24-,25-;/m1./s1. The van der Waals surface area contributed by atoms with Crippen LogP contribution >= 0.6 is 0 Å². The molecule has 1 radical (unpaired) electrons. The minimum atomic E-state index is -1.24. The number of rotatable bonds is 12. The summed E-state index contributed by atoms with van der Waals surface area (Å²) in [7, 11) is 0. The fourth-order valence-electron chi connectivity index (χ4n) is 5.28. The number of carboxylic acids is 1. The van der Waals surface area contributed by atoms with Gasteiger partial charge < -0.3 is 30.3 Å². The SMILES string of the molecule is CC(C)n1c(CC[C@@H](O)C[C@@H](O)CC(=O)O)c(-c2ccc(F)cc2)c(-c2ccc(F)cc2)c1C(=O)Nc1ccccc1O.[Na]. The third-order valence-electron chi connectivity index (χ3n) is 7.13. The number of benzene rings is 3. The van der Waals surface area contributed by atoms with E-state index < -0.39 is 42.1 Å². The summed E-state index contributed by atoms with van der Waals surface area (Å²) in [5.74, 6) is -2.81. The minimum Gasteiger partial charge on any atom is -0.506 e. The maximum absolute atomic E-state index is 14.1. The van der Waals surface area contributed by atoms with Crippen LogP contribution in [0, 0.1) is 11.6 Å². The summed E-state index contributed by atoms with van der Waals surface area (Å²) in [6.45, 7) is 3.74. The molecule has 3 aromatic carbocycles. The van der Waals surface area contributed by atoms with Crippen molar-refractivity contribution < 1.29 is 38.8 Å². The summed E-state index contributed by atoms with van der Waals surface area (Å²) >= 11 is 0. The van der Waals surface area contributed by atoms with Gasteiger partial charge in [-0.1, -0.05) is 36.4 Å². The summed E-state index contributed by atoms with van der Waals surface area (Å²) in [5, 5.41) is 42.9. The first kappa shape index (κ1) is 34.9. The molecule has 1 aromatic heterocycles. The van der Waals surface area contributed by atoms with E-state index in [4.69, 9.17) is 5.11 Å². The molecule has 5 N–H and O–H groups in total. The van der Waals surface area contributed by atoms with Crippen LogP contribution < -0.4 is 5.32 Å². The number of phenols is 1. The van der Waals surface area contributed by atoms with Crippen molar-refractivity contribution in [3.63, 3.8) is 0 Å². The van der Waals surface area contributed by atoms with Crippen molar-refractivity contribution in [3.8, 4) is 28.0 Å². The van der Waals surface area contributed by atoms with E-state index in [0.717, 1.165) is 0 Å². The second kappa shape index (κ2) is 15.5. The van der Waals surface area contributed by atoms with Gasteiger partial charge in [0.1, 0.15) is 23.1 Å². The fourth-order valence-corrected chi connectivity index (χ4v) is 5.28. The van der Waals surface area contributed by atoms with Gasteiger partial charge in [0.2, 0.25) is 0 Å². The summed E-state index contributed by atoms with van der Waals surface area (Å²) in [5.41, 5.74) is 3.12. The van der Waals surface area contributed by atoms with Crippen LogP contribution in [0.2, 0.25) is 0 Å². The molecule has 1 heterocycles. The molecule has 227 valence electrons. The van der Waals surface area contributed by atoms with E-state index in [-0.39, 0.29) is 72.0 Å². The first-order chi connectivity index (χ1) is 20.5. The first-order valence-electron chi connectivity index (χ1n) is 13.9. The van der Waals surface area contributed by atoms with Crippen molar-refractivity contribution in [1.82, 2.24) is 4.57 Å². The van der Waals surface area contributed by atoms with E-state index in [1.807, 2.05) is 13.8 Å². The van der Waals surface area contributed by atoms with Crippen molar-refractivity contribution in [3.05, 3.63) is 95.8 Å². The summed E-state index contributed by atoms with van der Waals surface area (Å²) in [6, 6.07) is 17.3. The third kappa shape index (κ3) is 8.34. The van der Waals surface area contributed by atoms with Crippen molar-refractivity contribution in [2.45, 2.75) is 57.8 Å². The normalized spacial score (nSPS) is 12.4. The van der Waals surface area contributed by atoms with Gasteiger partial charge in [-0.25, -0.2) is 8.78 Å². The zero-order chi connectivity index (χ0) is 31.3. The molecular weight excluding hydrogens is 581 g/mol. The van der Waals surface area contributed by atoms with Crippen LogP contribution in [0.3, 0.4) is 0 Å². The molecule has 0 spiro atoms. The van der Waals surface area contributed by atoms with E-state index in [2.05, 4.69) is 5.32 Å². The Bertz CT molecular complexity index is 1590. The molecule has 0 aliphatic carbocycles. The number of carboxylic acid groups (broad SMARTS) is 1. The number of aromatic hydroxyl groups is 1. The maximum atomic E-state index is 14.1. The number of hydrogen-bond donors (Lipinski definition) is 5. The molecule has 4 aromatic rings. The quantitative estimate of drug-likeness (QED) is 0.101. The van der Waals surface area contributed by atoms with Gasteiger partial charge in [0.25, 0.3) is 5.91 Å². The number of aliphatic carboxylic acids is 1. The van der Waals surface area contributed by atoms with Crippen LogP contribution in [0.25, 0.3) is 22.3 Å². The molecule has 0 saturated carbocycles. The van der Waals surface area contributed by atoms with Gasteiger partial charge in [-0.3, -0.25) is 9.59 Å². The number of anilines is 1. The van der Waals surface area contributed by atoms with Gasteiger partial charge in [-0.15, -0.1) is 0 Å². The molecule has 0 fully saturated rings. The second-order valence-corrected chi connectivity index (χ2v) is 10.7. The van der Waals surface area contributed by atoms with E-state index in [9.17, 15) is 33.7 Å². The zero-order valence-corrected chi connectivity index (χ0v) is 26.8. The van der Waals surface area contributed by atoms with Gasteiger partial charge in [0.15, 0.2) is 0 Å². The Morgan fingerprint density at radius 2 is 1.39 bits per heavy atom. The van der Waals surface area contributed by atoms with Gasteiger partial charge in [-0.2, -0.15) is 0 Å². The van der Waals surface area contributed by atoms with Gasteiger partial charge in [-0.05, 0) is 80.6 Å². The number of aromatic nitrogens is 1. The van der Waals surface area contributed by atoms with Crippen LogP contribution in [0.15, 0.2) is 72.8 Å². The van der Waals surface area contributed by atoms with Gasteiger partial charge >= 0.3 is 5.97 Å². The molecule has 0 aliphatic rings. The van der Waals surface area contributed by atoms with Crippen molar-refractivity contribution in [1.29, 1.82) is 0 Å². The number of aliphatic hydroxyl groups excluding tert-OH is 2. The third-order valence-corrected chi connectivity index (χ3v) is 7.13. The molecule has 0 saturated heterocycles.